The number of pyridine rings is 2. The van der Waals surface area contributed by atoms with E-state index in [1.54, 1.807) is 12.1 Å². The third kappa shape index (κ3) is 2.84. The summed E-state index contributed by atoms with van der Waals surface area (Å²) in [4.78, 5) is 31.6. The van der Waals surface area contributed by atoms with Crippen molar-refractivity contribution in [2.45, 2.75) is 6.92 Å². The van der Waals surface area contributed by atoms with Crippen molar-refractivity contribution in [2.24, 2.45) is 0 Å². The zero-order chi connectivity index (χ0) is 19.3. The van der Waals surface area contributed by atoms with E-state index in [0.29, 0.717) is 27.7 Å². The van der Waals surface area contributed by atoms with Crippen LogP contribution in [-0.2, 0) is 0 Å². The number of fused-ring (bicyclic) bond motifs is 2. The lowest BCUT2D eigenvalue weighted by molar-refractivity contribution is 1.17. The molecule has 7 heteroatoms. The highest BCUT2D eigenvalue weighted by molar-refractivity contribution is 6.29. The van der Waals surface area contributed by atoms with Gasteiger partial charge >= 0.3 is 0 Å². The summed E-state index contributed by atoms with van der Waals surface area (Å²) in [6, 6.07) is 16.8. The van der Waals surface area contributed by atoms with E-state index in [1.807, 2.05) is 43.3 Å². The van der Waals surface area contributed by atoms with Gasteiger partial charge in [-0.3, -0.25) is 4.79 Å². The Morgan fingerprint density at radius 1 is 0.893 bits per heavy atom. The monoisotopic (exact) mass is 387 g/mol. The molecular weight excluding hydrogens is 374 g/mol. The quantitative estimate of drug-likeness (QED) is 0.437. The van der Waals surface area contributed by atoms with Crippen LogP contribution >= 0.6 is 11.6 Å². The highest BCUT2D eigenvalue weighted by Gasteiger charge is 2.16. The molecule has 0 amide bonds. The molecule has 0 aliphatic heterocycles. The minimum atomic E-state index is -0.222. The smallest absolute Gasteiger partial charge is 0.249 e. The zero-order valence-electron chi connectivity index (χ0n) is 14.8. The summed E-state index contributed by atoms with van der Waals surface area (Å²) in [5, 5.41) is 1.46. The van der Waals surface area contributed by atoms with Crippen molar-refractivity contribution in [3.63, 3.8) is 0 Å². The van der Waals surface area contributed by atoms with Crippen molar-refractivity contribution >= 4 is 33.7 Å². The lowest BCUT2D eigenvalue weighted by Gasteiger charge is -2.10. The first kappa shape index (κ1) is 16.6. The predicted molar refractivity (Wildman–Crippen MR) is 110 cm³/mol. The van der Waals surface area contributed by atoms with Crippen LogP contribution in [0.3, 0.4) is 0 Å². The summed E-state index contributed by atoms with van der Waals surface area (Å²) in [5.74, 6) is 0. The number of rotatable bonds is 2. The van der Waals surface area contributed by atoms with Crippen LogP contribution in [0.5, 0.6) is 0 Å². The van der Waals surface area contributed by atoms with Crippen LogP contribution in [-0.4, -0.2) is 24.9 Å². The molecular formula is C21H14ClN5O. The summed E-state index contributed by atoms with van der Waals surface area (Å²) in [7, 11) is 0. The summed E-state index contributed by atoms with van der Waals surface area (Å²) in [6.45, 7) is 1.88. The molecule has 0 spiro atoms. The molecule has 4 aromatic heterocycles. The maximum atomic E-state index is 11.8. The molecule has 6 nitrogen and oxygen atoms in total. The van der Waals surface area contributed by atoms with Gasteiger partial charge in [0.2, 0.25) is 5.56 Å². The van der Waals surface area contributed by atoms with Crippen LogP contribution < -0.4 is 5.56 Å². The Hall–Kier alpha value is -3.51. The zero-order valence-corrected chi connectivity index (χ0v) is 15.6. The van der Waals surface area contributed by atoms with E-state index in [-0.39, 0.29) is 5.56 Å². The highest BCUT2D eigenvalue weighted by Crippen LogP contribution is 2.32. The maximum absolute atomic E-state index is 11.8. The minimum absolute atomic E-state index is 0.222. The number of aromatic nitrogens is 5. The molecule has 0 fully saturated rings. The number of nitrogens with zero attached hydrogens (tertiary/aromatic N) is 3. The summed E-state index contributed by atoms with van der Waals surface area (Å²) < 4.78 is 0. The fourth-order valence-electron chi connectivity index (χ4n) is 3.32. The molecule has 5 aromatic rings. The SMILES string of the molecule is Cc1cc(-c2nc3ccc(=O)[nH]c3nc2-c2cc3ccccc3[nH]2)cc(Cl)n1. The van der Waals surface area contributed by atoms with Crippen molar-refractivity contribution in [2.75, 3.05) is 0 Å². The van der Waals surface area contributed by atoms with Crippen molar-refractivity contribution in [1.82, 2.24) is 24.9 Å². The Morgan fingerprint density at radius 2 is 1.75 bits per heavy atom. The molecule has 5 rings (SSSR count). The predicted octanol–water partition coefficient (Wildman–Crippen LogP) is 4.49. The van der Waals surface area contributed by atoms with Gasteiger partial charge in [-0.1, -0.05) is 29.8 Å². The summed E-state index contributed by atoms with van der Waals surface area (Å²) in [5.41, 5.74) is 5.50. The highest BCUT2D eigenvalue weighted by atomic mass is 35.5. The second-order valence-corrected chi connectivity index (χ2v) is 6.95. The Balaban J connectivity index is 1.85. The molecule has 0 aliphatic carbocycles. The van der Waals surface area contributed by atoms with Crippen LogP contribution in [0.15, 0.2) is 59.4 Å². The largest absolute Gasteiger partial charge is 0.353 e. The van der Waals surface area contributed by atoms with E-state index >= 15 is 0 Å². The van der Waals surface area contributed by atoms with E-state index in [4.69, 9.17) is 21.6 Å². The number of aromatic amines is 2. The Morgan fingerprint density at radius 3 is 2.57 bits per heavy atom. The van der Waals surface area contributed by atoms with E-state index in [1.165, 1.54) is 6.07 Å². The number of nitrogens with one attached hydrogen (secondary N) is 2. The van der Waals surface area contributed by atoms with E-state index in [9.17, 15) is 4.79 Å². The summed E-state index contributed by atoms with van der Waals surface area (Å²) >= 11 is 6.19. The normalized spacial score (nSPS) is 11.4. The first-order chi connectivity index (χ1) is 13.6. The molecule has 0 radical (unpaired) electrons. The fourth-order valence-corrected chi connectivity index (χ4v) is 3.58. The summed E-state index contributed by atoms with van der Waals surface area (Å²) in [6.07, 6.45) is 0. The van der Waals surface area contributed by atoms with Gasteiger partial charge in [-0.15, -0.1) is 0 Å². The molecule has 4 heterocycles. The first-order valence-corrected chi connectivity index (χ1v) is 9.08. The number of hydrogen-bond donors (Lipinski definition) is 2. The van der Waals surface area contributed by atoms with E-state index < -0.39 is 0 Å². The number of hydrogen-bond acceptors (Lipinski definition) is 4. The van der Waals surface area contributed by atoms with Gasteiger partial charge in [0.15, 0.2) is 5.65 Å². The Kier molecular flexibility index (Phi) is 3.74. The molecule has 136 valence electrons. The maximum Gasteiger partial charge on any atom is 0.249 e. The molecule has 2 N–H and O–H groups in total. The third-order valence-corrected chi connectivity index (χ3v) is 4.73. The molecule has 1 aromatic carbocycles. The number of halogens is 1. The van der Waals surface area contributed by atoms with Crippen molar-refractivity contribution in [3.8, 4) is 22.6 Å². The Labute approximate surface area is 164 Å². The van der Waals surface area contributed by atoms with Crippen LogP contribution in [0.2, 0.25) is 5.15 Å². The topological polar surface area (TPSA) is 87.3 Å². The molecule has 0 unspecified atom stereocenters. The number of aryl methyl sites for hydroxylation is 1. The lowest BCUT2D eigenvalue weighted by Crippen LogP contribution is -2.06. The second-order valence-electron chi connectivity index (χ2n) is 6.57. The van der Waals surface area contributed by atoms with Gasteiger partial charge in [-0.2, -0.15) is 0 Å². The van der Waals surface area contributed by atoms with E-state index in [0.717, 1.165) is 27.9 Å². The number of benzene rings is 1. The van der Waals surface area contributed by atoms with Gasteiger partial charge in [0, 0.05) is 28.2 Å². The molecule has 0 saturated carbocycles. The average Bonchev–Trinajstić information content (AvgIpc) is 3.10. The fraction of sp³-hybridized carbons (Fsp3) is 0.0476. The van der Waals surface area contributed by atoms with Crippen molar-refractivity contribution < 1.29 is 0 Å². The molecule has 0 atom stereocenters. The van der Waals surface area contributed by atoms with Gasteiger partial charge in [-0.25, -0.2) is 15.0 Å². The number of H-pyrrole nitrogens is 2. The van der Waals surface area contributed by atoms with Crippen molar-refractivity contribution in [3.05, 3.63) is 75.8 Å². The van der Waals surface area contributed by atoms with Gasteiger partial charge in [0.25, 0.3) is 0 Å². The van der Waals surface area contributed by atoms with Crippen LogP contribution in [0.1, 0.15) is 5.69 Å². The van der Waals surface area contributed by atoms with Crippen LogP contribution in [0.4, 0.5) is 0 Å². The standard InChI is InChI=1S/C21H14ClN5O/c1-11-8-13(10-17(22)23-11)19-20(16-9-12-4-2-3-5-14(12)24-16)27-21-15(25-19)6-7-18(28)26-21/h2-10,24H,1H3,(H,26,27,28). The first-order valence-electron chi connectivity index (χ1n) is 8.70. The minimum Gasteiger partial charge on any atom is -0.353 e. The molecule has 0 saturated heterocycles. The van der Waals surface area contributed by atoms with Crippen LogP contribution in [0.25, 0.3) is 44.7 Å². The van der Waals surface area contributed by atoms with E-state index in [2.05, 4.69) is 15.0 Å². The average molecular weight is 388 g/mol. The second kappa shape index (κ2) is 6.28. The van der Waals surface area contributed by atoms with Gasteiger partial charge in [0.1, 0.15) is 16.4 Å². The molecule has 28 heavy (non-hydrogen) atoms. The Bertz CT molecular complexity index is 1370. The lowest BCUT2D eigenvalue weighted by atomic mass is 10.1. The molecule has 0 aliphatic rings. The van der Waals surface area contributed by atoms with Crippen LogP contribution in [0, 0.1) is 6.92 Å². The van der Waals surface area contributed by atoms with Crippen molar-refractivity contribution in [1.29, 1.82) is 0 Å². The van der Waals surface area contributed by atoms with Gasteiger partial charge in [-0.05, 0) is 37.3 Å². The molecule has 0 bridgehead atoms. The van der Waals surface area contributed by atoms with Gasteiger partial charge < -0.3 is 9.97 Å². The number of para-hydroxylation sites is 1. The van der Waals surface area contributed by atoms with Gasteiger partial charge in [0.05, 0.1) is 11.4 Å². The third-order valence-electron chi connectivity index (χ3n) is 4.54.